The van der Waals surface area contributed by atoms with Gasteiger partial charge in [0.15, 0.2) is 16.2 Å². The fraction of sp³-hybridized carbons (Fsp3) is 0.621. The van der Waals surface area contributed by atoms with Crippen molar-refractivity contribution in [1.82, 2.24) is 9.44 Å². The molecule has 0 rings (SSSR count). The summed E-state index contributed by atoms with van der Waals surface area (Å²) in [6.07, 6.45) is 17.4. The molecule has 0 aromatic rings. The maximum Gasteiger partial charge on any atom is 0.452 e. The number of ketones is 4. The Hall–Kier alpha value is -7.75. The van der Waals surface area contributed by atoms with E-state index in [4.69, 9.17) is 83.9 Å². The molecular formula is C66H97F12N5O12S2. The summed E-state index contributed by atoms with van der Waals surface area (Å²) in [5.74, 6) is -0.796. The third kappa shape index (κ3) is 37.5. The highest BCUT2D eigenvalue weighted by Crippen LogP contribution is 2.46. The topological polar surface area (TPSA) is 316 Å². The molecule has 0 heterocycles. The highest BCUT2D eigenvalue weighted by Gasteiger charge is 2.63. The van der Waals surface area contributed by atoms with Crippen LogP contribution in [0.5, 0.6) is 0 Å². The Morgan fingerprint density at radius 2 is 0.639 bits per heavy atom. The summed E-state index contributed by atoms with van der Waals surface area (Å²) >= 11 is 6.60. The SMILES string of the molecule is C.C#CC(C#C)(C(=O)C(F)(F)F)C(C)(C)C.C#CC(C#C)(C(=O)C(F)(F)F)C(C)(C)C(=O)NS.C#CC(C#C)(C(=O)C(F)(F)F)C(C)(C)C(=O)O.C#CC(N)(C#C)C(=O)O.CC.CC.CC(C)(C)C(C)(C)N.CC(C)(N)C(=O)O.CC(C)C(C)(C)C.O=C(CC(=O)C(F)(F)F)NS. The molecule has 0 fully saturated rings. The van der Waals surface area contributed by atoms with E-state index in [1.807, 2.05) is 46.3 Å². The zero-order chi connectivity index (χ0) is 81.1. The number of nitrogens with two attached hydrogens (primary N) is 3. The largest absolute Gasteiger partial charge is 0.481 e. The molecule has 11 N–H and O–H groups in total. The summed E-state index contributed by atoms with van der Waals surface area (Å²) in [6, 6.07) is 0. The lowest BCUT2D eigenvalue weighted by atomic mass is 9.63. The van der Waals surface area contributed by atoms with Crippen LogP contribution in [0.4, 0.5) is 52.7 Å². The summed E-state index contributed by atoms with van der Waals surface area (Å²) < 4.78 is 149. The first-order valence-electron chi connectivity index (χ1n) is 27.3. The third-order valence-corrected chi connectivity index (χ3v) is 13.5. The maximum atomic E-state index is 12.5. The minimum Gasteiger partial charge on any atom is -0.481 e. The fourth-order valence-electron chi connectivity index (χ4n) is 4.14. The number of carboxylic acids is 3. The van der Waals surface area contributed by atoms with Gasteiger partial charge in [0.05, 0.1) is 17.3 Å². The van der Waals surface area contributed by atoms with Crippen LogP contribution in [0.3, 0.4) is 0 Å². The van der Waals surface area contributed by atoms with Crippen LogP contribution in [0.15, 0.2) is 0 Å². The zero-order valence-corrected chi connectivity index (χ0v) is 59.9. The highest BCUT2D eigenvalue weighted by atomic mass is 32.1. The number of carboxylic acid groups (broad SMARTS) is 3. The number of rotatable bonds is 11. The number of thiol groups is 2. The fourth-order valence-corrected chi connectivity index (χ4v) is 4.50. The van der Waals surface area contributed by atoms with Crippen molar-refractivity contribution in [3.05, 3.63) is 0 Å². The Morgan fingerprint density at radius 1 is 0.412 bits per heavy atom. The molecule has 31 heteroatoms. The summed E-state index contributed by atoms with van der Waals surface area (Å²) in [5.41, 5.74) is 0.301. The summed E-state index contributed by atoms with van der Waals surface area (Å²) in [4.78, 5) is 96.4. The van der Waals surface area contributed by atoms with Gasteiger partial charge in [-0.25, -0.2) is 4.79 Å². The molecule has 17 nitrogen and oxygen atoms in total. The van der Waals surface area contributed by atoms with E-state index in [-0.39, 0.29) is 18.4 Å². The lowest BCUT2D eigenvalue weighted by Crippen LogP contribution is -2.54. The Labute approximate surface area is 576 Å². The first-order chi connectivity index (χ1) is 42.1. The van der Waals surface area contributed by atoms with Crippen molar-refractivity contribution >= 4 is 78.5 Å². The second-order valence-corrected chi connectivity index (χ2v) is 24.8. The van der Waals surface area contributed by atoms with Gasteiger partial charge in [-0.1, -0.05) is 184 Å². The number of terminal acetylenes is 8. The van der Waals surface area contributed by atoms with E-state index in [1.165, 1.54) is 46.5 Å². The Morgan fingerprint density at radius 3 is 0.742 bits per heavy atom. The van der Waals surface area contributed by atoms with E-state index < -0.39 is 128 Å². The number of aliphatic carboxylic acids is 3. The number of amides is 2. The van der Waals surface area contributed by atoms with Gasteiger partial charge in [0.1, 0.15) is 5.54 Å². The van der Waals surface area contributed by atoms with Crippen molar-refractivity contribution in [3.63, 3.8) is 0 Å². The van der Waals surface area contributed by atoms with Gasteiger partial charge in [0.2, 0.25) is 23.1 Å². The van der Waals surface area contributed by atoms with Crippen LogP contribution in [0.25, 0.3) is 0 Å². The molecule has 554 valence electrons. The second kappa shape index (κ2) is 44.2. The van der Waals surface area contributed by atoms with E-state index >= 15 is 0 Å². The van der Waals surface area contributed by atoms with E-state index in [2.05, 4.69) is 81.0 Å². The molecule has 0 saturated carbocycles. The Kier molecular flexibility index (Phi) is 51.8. The van der Waals surface area contributed by atoms with Gasteiger partial charge in [0.25, 0.3) is 17.3 Å². The molecule has 0 aliphatic carbocycles. The molecule has 0 atom stereocenters. The van der Waals surface area contributed by atoms with E-state index in [9.17, 15) is 95.8 Å². The number of Topliss-reactive ketones (excluding diaryl/α,β-unsaturated/α-hetero) is 4. The molecular weight excluding hydrogens is 1350 g/mol. The molecule has 0 aromatic carbocycles. The first kappa shape index (κ1) is 114. The predicted molar refractivity (Wildman–Crippen MR) is 358 cm³/mol. The van der Waals surface area contributed by atoms with Crippen molar-refractivity contribution in [2.45, 2.75) is 214 Å². The molecule has 2 amide bonds. The normalized spacial score (nSPS) is 11.6. The average molecular weight is 1440 g/mol. The lowest BCUT2D eigenvalue weighted by molar-refractivity contribution is -0.184. The maximum absolute atomic E-state index is 12.5. The van der Waals surface area contributed by atoms with Crippen molar-refractivity contribution in [2.75, 3.05) is 0 Å². The lowest BCUT2D eigenvalue weighted by Gasteiger charge is -2.36. The number of nitrogens with one attached hydrogen (secondary N) is 2. The van der Waals surface area contributed by atoms with E-state index in [0.29, 0.717) is 5.41 Å². The van der Waals surface area contributed by atoms with Crippen LogP contribution in [0.2, 0.25) is 0 Å². The third-order valence-electron chi connectivity index (χ3n) is 13.1. The first-order valence-corrected chi connectivity index (χ1v) is 28.2. The molecule has 0 unspecified atom stereocenters. The summed E-state index contributed by atoms with van der Waals surface area (Å²) in [7, 11) is 0. The molecule has 97 heavy (non-hydrogen) atoms. The van der Waals surface area contributed by atoms with Crippen LogP contribution >= 0.6 is 25.6 Å². The number of alkyl halides is 12. The smallest absolute Gasteiger partial charge is 0.452 e. The Bertz CT molecular complexity index is 2880. The molecule has 0 spiro atoms. The predicted octanol–water partition coefficient (Wildman–Crippen LogP) is 11.7. The van der Waals surface area contributed by atoms with Crippen molar-refractivity contribution < 1.29 is 111 Å². The Balaban J connectivity index is -0.0000000981. The van der Waals surface area contributed by atoms with Gasteiger partial charge in [-0.15, -0.1) is 51.4 Å². The molecule has 0 aromatic heterocycles. The highest BCUT2D eigenvalue weighted by molar-refractivity contribution is 7.78. The van der Waals surface area contributed by atoms with Crippen LogP contribution in [0.1, 0.15) is 173 Å². The minimum atomic E-state index is -5.30. The minimum absolute atomic E-state index is 0. The van der Waals surface area contributed by atoms with Gasteiger partial charge >= 0.3 is 42.6 Å². The van der Waals surface area contributed by atoms with Crippen LogP contribution < -0.4 is 26.6 Å². The van der Waals surface area contributed by atoms with Crippen molar-refractivity contribution in [3.8, 4) is 98.8 Å². The van der Waals surface area contributed by atoms with Crippen LogP contribution in [-0.4, -0.2) is 109 Å². The number of carbonyl (C=O) groups excluding carboxylic acids is 6. The number of hydrogen-bond donors (Lipinski definition) is 10. The average Bonchev–Trinajstić information content (AvgIpc) is 0.770. The molecule has 0 saturated heterocycles. The summed E-state index contributed by atoms with van der Waals surface area (Å²) in [5, 5.41) is 25.2. The molecule has 0 aliphatic heterocycles. The molecule has 0 radical (unpaired) electrons. The quantitative estimate of drug-likeness (QED) is 0.0398. The summed E-state index contributed by atoms with van der Waals surface area (Å²) in [6.45, 7) is 40.7. The van der Waals surface area contributed by atoms with Crippen LogP contribution in [0, 0.1) is 148 Å². The van der Waals surface area contributed by atoms with E-state index in [0.717, 1.165) is 33.6 Å². The van der Waals surface area contributed by atoms with Gasteiger partial charge in [-0.05, 0) is 77.6 Å². The van der Waals surface area contributed by atoms with Crippen molar-refractivity contribution in [2.24, 2.45) is 66.4 Å². The van der Waals surface area contributed by atoms with Gasteiger partial charge in [-0.3, -0.25) is 44.1 Å². The molecule has 0 bridgehead atoms. The van der Waals surface area contributed by atoms with Gasteiger partial charge in [-0.2, -0.15) is 52.7 Å². The number of hydrogen-bond acceptors (Lipinski definition) is 14. The van der Waals surface area contributed by atoms with E-state index in [1.54, 1.807) is 40.2 Å². The second-order valence-electron chi connectivity index (χ2n) is 24.4. The van der Waals surface area contributed by atoms with Crippen molar-refractivity contribution in [1.29, 1.82) is 0 Å². The zero-order valence-electron chi connectivity index (χ0n) is 58.1. The number of carbonyl (C=O) groups is 9. The van der Waals surface area contributed by atoms with Crippen LogP contribution in [-0.2, 0) is 43.2 Å². The van der Waals surface area contributed by atoms with Gasteiger partial charge in [0, 0.05) is 5.54 Å². The van der Waals surface area contributed by atoms with Gasteiger partial charge < -0.3 is 36.2 Å². The standard InChI is InChI=1S/C11H10F3NO2S.C11H9F3O3.C11H11F3O.C7H17N.C7H16.C6H5NO2.C4H4F3NO2S.C4H9NO2.2C2H6.CH4/c1-5-10(6-2,7(16)11(12,13)14)9(3,4)8(17)15-18;1-5-10(6-2,7(15)11(12,13)14)9(3,4)8(16)17;1-6-10(7-2,9(3,4)5)8(15)11(12,13)14;1-6(2,3)7(4,5)8;1-6(2)7(3,4)5;1-3-6(7,4-2)5(8)9;5-4(6,7)2(9)1-3(10)8-11;1-4(2,5)3(6)7;2*1-2;/h1-2,18H,3-4H3,(H,15,17);1-2H,3-4H3,(H,16,17);1-2H,3-5H3;8H2,1-5H3;6H,1-5H3;1-2H,7H2,(H,8,9);11H,1H2,(H,8,10);5H2,1-2H3,(H,6,7);2*1-2H3;1H4. The molecule has 0 aliphatic rings. The number of halogens is 12. The monoisotopic (exact) mass is 1440 g/mol.